The number of anilines is 1. The molecule has 1 aliphatic rings. The predicted molar refractivity (Wildman–Crippen MR) is 73.0 cm³/mol. The van der Waals surface area contributed by atoms with Gasteiger partial charge in [0.05, 0.1) is 0 Å². The summed E-state index contributed by atoms with van der Waals surface area (Å²) >= 11 is 0. The van der Waals surface area contributed by atoms with Crippen LogP contribution in [-0.2, 0) is 11.3 Å². The molecule has 0 spiro atoms. The van der Waals surface area contributed by atoms with E-state index in [0.29, 0.717) is 6.04 Å². The highest BCUT2D eigenvalue weighted by Crippen LogP contribution is 2.18. The number of hydrogen-bond donors (Lipinski definition) is 1. The Kier molecular flexibility index (Phi) is 5.01. The molecule has 1 N–H and O–H groups in total. The molecule has 102 valence electrons. The minimum absolute atomic E-state index is 0.596. The zero-order chi connectivity index (χ0) is 12.8. The first-order valence-corrected chi connectivity index (χ1v) is 6.86. The van der Waals surface area contributed by atoms with Gasteiger partial charge in [0.15, 0.2) is 0 Å². The average molecular weight is 252 g/mol. The van der Waals surface area contributed by atoms with Crippen molar-refractivity contribution in [1.82, 2.24) is 14.9 Å². The van der Waals surface area contributed by atoms with Crippen LogP contribution in [0.25, 0.3) is 0 Å². The van der Waals surface area contributed by atoms with Crippen LogP contribution in [-0.4, -0.2) is 48.9 Å². The first-order valence-electron chi connectivity index (χ1n) is 6.86. The number of rotatable bonds is 7. The number of imidazole rings is 1. The Balaban J connectivity index is 1.87. The highest BCUT2D eigenvalue weighted by Gasteiger charge is 2.23. The number of aryl methyl sites for hydroxylation is 1. The molecule has 1 aromatic rings. The van der Waals surface area contributed by atoms with E-state index in [1.54, 1.807) is 0 Å². The van der Waals surface area contributed by atoms with Gasteiger partial charge in [-0.1, -0.05) is 0 Å². The first kappa shape index (κ1) is 13.4. The van der Waals surface area contributed by atoms with E-state index >= 15 is 0 Å². The Labute approximate surface area is 109 Å². The molecular formula is C13H24N4O. The Morgan fingerprint density at radius 3 is 3.17 bits per heavy atom. The van der Waals surface area contributed by atoms with Crippen molar-refractivity contribution < 1.29 is 4.74 Å². The van der Waals surface area contributed by atoms with Gasteiger partial charge in [-0.2, -0.15) is 0 Å². The number of likely N-dealkylation sites (N-methyl/N-ethyl adjacent to an activating group) is 1. The molecule has 0 aromatic carbocycles. The second-order valence-corrected chi connectivity index (χ2v) is 4.69. The zero-order valence-electron chi connectivity index (χ0n) is 11.4. The van der Waals surface area contributed by atoms with Crippen molar-refractivity contribution >= 4 is 5.95 Å². The quantitative estimate of drug-likeness (QED) is 0.738. The molecule has 0 bridgehead atoms. The molecule has 0 saturated carbocycles. The summed E-state index contributed by atoms with van der Waals surface area (Å²) in [5, 5.41) is 3.34. The third-order valence-electron chi connectivity index (χ3n) is 3.46. The van der Waals surface area contributed by atoms with Gasteiger partial charge in [-0.05, 0) is 26.8 Å². The molecule has 0 amide bonds. The smallest absolute Gasteiger partial charge is 0.205 e. The molecular weight excluding hydrogens is 228 g/mol. The fraction of sp³-hybridized carbons (Fsp3) is 0.769. The van der Waals surface area contributed by atoms with Crippen LogP contribution in [0.4, 0.5) is 5.95 Å². The number of aromatic nitrogens is 2. The largest absolute Gasteiger partial charge is 0.382 e. The van der Waals surface area contributed by atoms with E-state index in [1.165, 1.54) is 6.42 Å². The number of nitrogens with zero attached hydrogens (tertiary/aromatic N) is 3. The van der Waals surface area contributed by atoms with Crippen molar-refractivity contribution in [2.75, 3.05) is 38.3 Å². The fourth-order valence-electron chi connectivity index (χ4n) is 2.42. The third kappa shape index (κ3) is 3.23. The normalized spacial score (nSPS) is 19.7. The van der Waals surface area contributed by atoms with Gasteiger partial charge in [0.2, 0.25) is 5.95 Å². The average Bonchev–Trinajstić information content (AvgIpc) is 3.02. The minimum atomic E-state index is 0.596. The zero-order valence-corrected chi connectivity index (χ0v) is 11.4. The van der Waals surface area contributed by atoms with Crippen LogP contribution in [0.1, 0.15) is 19.8 Å². The van der Waals surface area contributed by atoms with Crippen molar-refractivity contribution in [3.63, 3.8) is 0 Å². The Morgan fingerprint density at radius 2 is 2.44 bits per heavy atom. The van der Waals surface area contributed by atoms with Gasteiger partial charge in [-0.15, -0.1) is 0 Å². The third-order valence-corrected chi connectivity index (χ3v) is 3.46. The fourth-order valence-corrected chi connectivity index (χ4v) is 2.42. The molecule has 0 aliphatic carbocycles. The number of hydrogen-bond acceptors (Lipinski definition) is 4. The van der Waals surface area contributed by atoms with Crippen LogP contribution in [0.5, 0.6) is 0 Å². The van der Waals surface area contributed by atoms with E-state index < -0.39 is 0 Å². The standard InChI is InChI=1S/C13H24N4O/c1-3-18-10-4-7-16-9-6-15-13(16)17-8-5-12(11-17)14-2/h6,9,12,14H,3-5,7-8,10-11H2,1-2H3. The summed E-state index contributed by atoms with van der Waals surface area (Å²) in [6, 6.07) is 0.596. The summed E-state index contributed by atoms with van der Waals surface area (Å²) in [6.45, 7) is 6.79. The summed E-state index contributed by atoms with van der Waals surface area (Å²) in [5.41, 5.74) is 0. The van der Waals surface area contributed by atoms with E-state index in [4.69, 9.17) is 4.74 Å². The van der Waals surface area contributed by atoms with Gasteiger partial charge >= 0.3 is 0 Å². The summed E-state index contributed by atoms with van der Waals surface area (Å²) in [6.07, 6.45) is 6.19. The molecule has 18 heavy (non-hydrogen) atoms. The van der Waals surface area contributed by atoms with Crippen molar-refractivity contribution in [2.45, 2.75) is 32.4 Å². The van der Waals surface area contributed by atoms with E-state index in [-0.39, 0.29) is 0 Å². The van der Waals surface area contributed by atoms with Crippen molar-refractivity contribution in [3.05, 3.63) is 12.4 Å². The maximum absolute atomic E-state index is 5.37. The van der Waals surface area contributed by atoms with Gasteiger partial charge in [0, 0.05) is 51.3 Å². The lowest BCUT2D eigenvalue weighted by Crippen LogP contribution is -2.30. The van der Waals surface area contributed by atoms with Gasteiger partial charge in [-0.3, -0.25) is 0 Å². The predicted octanol–water partition coefficient (Wildman–Crippen LogP) is 1.11. The molecule has 1 aromatic heterocycles. The first-order chi connectivity index (χ1) is 8.85. The van der Waals surface area contributed by atoms with E-state index in [9.17, 15) is 0 Å². The number of ether oxygens (including phenoxy) is 1. The van der Waals surface area contributed by atoms with Crippen LogP contribution in [0, 0.1) is 0 Å². The van der Waals surface area contributed by atoms with Gasteiger partial charge in [-0.25, -0.2) is 4.98 Å². The Bertz CT molecular complexity index is 353. The summed E-state index contributed by atoms with van der Waals surface area (Å²) in [5.74, 6) is 1.10. The molecule has 2 heterocycles. The summed E-state index contributed by atoms with van der Waals surface area (Å²) in [4.78, 5) is 6.85. The summed E-state index contributed by atoms with van der Waals surface area (Å²) in [7, 11) is 2.03. The summed E-state index contributed by atoms with van der Waals surface area (Å²) < 4.78 is 7.61. The molecule has 1 atom stereocenters. The van der Waals surface area contributed by atoms with Gasteiger partial charge in [0.25, 0.3) is 0 Å². The minimum Gasteiger partial charge on any atom is -0.382 e. The van der Waals surface area contributed by atoms with Crippen LogP contribution >= 0.6 is 0 Å². The Morgan fingerprint density at radius 1 is 1.56 bits per heavy atom. The maximum Gasteiger partial charge on any atom is 0.205 e. The lowest BCUT2D eigenvalue weighted by molar-refractivity contribution is 0.141. The van der Waals surface area contributed by atoms with Crippen LogP contribution in [0.2, 0.25) is 0 Å². The maximum atomic E-state index is 5.37. The molecule has 5 heteroatoms. The van der Waals surface area contributed by atoms with Crippen LogP contribution in [0.15, 0.2) is 12.4 Å². The van der Waals surface area contributed by atoms with Gasteiger partial charge in [0.1, 0.15) is 0 Å². The molecule has 1 unspecified atom stereocenters. The molecule has 1 aliphatic heterocycles. The monoisotopic (exact) mass is 252 g/mol. The van der Waals surface area contributed by atoms with Crippen molar-refractivity contribution in [2.24, 2.45) is 0 Å². The van der Waals surface area contributed by atoms with Crippen LogP contribution in [0.3, 0.4) is 0 Å². The molecule has 0 radical (unpaired) electrons. The lowest BCUT2D eigenvalue weighted by atomic mass is 10.3. The molecule has 5 nitrogen and oxygen atoms in total. The van der Waals surface area contributed by atoms with Crippen molar-refractivity contribution in [1.29, 1.82) is 0 Å². The van der Waals surface area contributed by atoms with Gasteiger partial charge < -0.3 is 19.5 Å². The molecule has 1 saturated heterocycles. The molecule has 2 rings (SSSR count). The lowest BCUT2D eigenvalue weighted by Gasteiger charge is -2.19. The highest BCUT2D eigenvalue weighted by molar-refractivity contribution is 5.33. The topological polar surface area (TPSA) is 42.3 Å². The van der Waals surface area contributed by atoms with E-state index in [1.807, 2.05) is 20.2 Å². The second-order valence-electron chi connectivity index (χ2n) is 4.69. The highest BCUT2D eigenvalue weighted by atomic mass is 16.5. The second kappa shape index (κ2) is 6.75. The molecule has 1 fully saturated rings. The number of nitrogens with one attached hydrogen (secondary N) is 1. The Hall–Kier alpha value is -1.07. The van der Waals surface area contributed by atoms with E-state index in [2.05, 4.69) is 26.0 Å². The van der Waals surface area contributed by atoms with Crippen molar-refractivity contribution in [3.8, 4) is 0 Å². The van der Waals surface area contributed by atoms with E-state index in [0.717, 1.165) is 45.2 Å². The van der Waals surface area contributed by atoms with Crippen LogP contribution < -0.4 is 10.2 Å². The SMILES string of the molecule is CCOCCCn1ccnc1N1CCC(NC)C1.